The van der Waals surface area contributed by atoms with Crippen molar-refractivity contribution in [3.05, 3.63) is 41.3 Å². The molecule has 10 heteroatoms. The molecule has 0 amide bonds. The minimum atomic E-state index is 0. The zero-order chi connectivity index (χ0) is 19.1. The normalized spacial score (nSPS) is 11.3. The molecule has 0 saturated heterocycles. The van der Waals surface area contributed by atoms with Crippen molar-refractivity contribution >= 4 is 52.1 Å². The molecule has 28 heavy (non-hydrogen) atoms. The van der Waals surface area contributed by atoms with Crippen LogP contribution in [0.1, 0.15) is 24.9 Å². The number of fused-ring (bicyclic) bond motifs is 1. The number of nitrogens with one attached hydrogen (secondary N) is 2. The zero-order valence-corrected chi connectivity index (χ0v) is 19.6. The molecule has 3 aromatic heterocycles. The van der Waals surface area contributed by atoms with Gasteiger partial charge in [-0.15, -0.1) is 45.5 Å². The number of aliphatic imine (C=N–C) groups is 1. The molecule has 3 rings (SSSR count). The van der Waals surface area contributed by atoms with Gasteiger partial charge in [0.05, 0.1) is 12.2 Å². The molecule has 0 unspecified atom stereocenters. The molecule has 152 valence electrons. The third kappa shape index (κ3) is 6.03. The molecule has 2 N–H and O–H groups in total. The van der Waals surface area contributed by atoms with E-state index < -0.39 is 0 Å². The summed E-state index contributed by atoms with van der Waals surface area (Å²) in [5.41, 5.74) is 1.87. The molecule has 3 aromatic rings. The summed E-state index contributed by atoms with van der Waals surface area (Å²) in [6.07, 6.45) is 3.80. The maximum atomic E-state index is 4.63. The van der Waals surface area contributed by atoms with Gasteiger partial charge >= 0.3 is 0 Å². The molecule has 0 atom stereocenters. The van der Waals surface area contributed by atoms with Gasteiger partial charge in [-0.25, -0.2) is 9.98 Å². The molecule has 0 fully saturated rings. The number of aromatic nitrogens is 4. The summed E-state index contributed by atoms with van der Waals surface area (Å²) in [5, 5.41) is 18.2. The predicted molar refractivity (Wildman–Crippen MR) is 126 cm³/mol. The molecule has 0 bridgehead atoms. The number of anilines is 1. The number of rotatable bonds is 8. The molecule has 0 aliphatic carbocycles. The Morgan fingerprint density at radius 2 is 2.11 bits per heavy atom. The van der Waals surface area contributed by atoms with Crippen LogP contribution >= 0.6 is 35.3 Å². The van der Waals surface area contributed by atoms with Gasteiger partial charge in [-0.05, 0) is 25.5 Å². The fraction of sp³-hybridized carbons (Fsp3) is 0.444. The van der Waals surface area contributed by atoms with Crippen LogP contribution in [0.15, 0.2) is 34.8 Å². The SMILES string of the molecule is CCNC(=NCc1csc(N(C)C)n1)NCCCc1nnc2ccccn12.I. The topological polar surface area (TPSA) is 82.7 Å². The van der Waals surface area contributed by atoms with Crippen LogP contribution in [0.4, 0.5) is 5.13 Å². The van der Waals surface area contributed by atoms with E-state index in [0.29, 0.717) is 6.54 Å². The number of hydrogen-bond acceptors (Lipinski definition) is 6. The highest BCUT2D eigenvalue weighted by Gasteiger charge is 2.06. The number of hydrogen-bond donors (Lipinski definition) is 2. The highest BCUT2D eigenvalue weighted by Crippen LogP contribution is 2.18. The van der Waals surface area contributed by atoms with Crippen LogP contribution in [-0.4, -0.2) is 52.7 Å². The number of nitrogens with zero attached hydrogens (tertiary/aromatic N) is 6. The molecule has 0 spiro atoms. The Balaban J connectivity index is 0.00000280. The molecular weight excluding hydrogens is 487 g/mol. The van der Waals surface area contributed by atoms with Crippen molar-refractivity contribution < 1.29 is 0 Å². The van der Waals surface area contributed by atoms with E-state index in [1.165, 1.54) is 0 Å². The first kappa shape index (κ1) is 22.3. The second kappa shape index (κ2) is 11.1. The minimum absolute atomic E-state index is 0. The summed E-state index contributed by atoms with van der Waals surface area (Å²) in [6.45, 7) is 4.26. The van der Waals surface area contributed by atoms with Crippen molar-refractivity contribution in [3.63, 3.8) is 0 Å². The van der Waals surface area contributed by atoms with Crippen LogP contribution < -0.4 is 15.5 Å². The molecule has 3 heterocycles. The second-order valence-corrected chi connectivity index (χ2v) is 7.12. The highest BCUT2D eigenvalue weighted by atomic mass is 127. The Kier molecular flexibility index (Phi) is 8.90. The fourth-order valence-corrected chi connectivity index (χ4v) is 3.34. The van der Waals surface area contributed by atoms with E-state index in [4.69, 9.17) is 0 Å². The van der Waals surface area contributed by atoms with Crippen molar-refractivity contribution in [3.8, 4) is 0 Å². The first-order valence-corrected chi connectivity index (χ1v) is 9.98. The van der Waals surface area contributed by atoms with Crippen LogP contribution in [0.3, 0.4) is 0 Å². The Labute approximate surface area is 186 Å². The predicted octanol–water partition coefficient (Wildman–Crippen LogP) is 2.56. The quantitative estimate of drug-likeness (QED) is 0.208. The zero-order valence-electron chi connectivity index (χ0n) is 16.4. The van der Waals surface area contributed by atoms with Gasteiger partial charge in [0.15, 0.2) is 16.7 Å². The van der Waals surface area contributed by atoms with Crippen molar-refractivity contribution in [2.45, 2.75) is 26.3 Å². The van der Waals surface area contributed by atoms with Gasteiger partial charge in [-0.3, -0.25) is 4.40 Å². The Hall–Kier alpha value is -1.95. The van der Waals surface area contributed by atoms with Crippen molar-refractivity contribution in [1.82, 2.24) is 30.2 Å². The summed E-state index contributed by atoms with van der Waals surface area (Å²) in [4.78, 5) is 11.2. The number of halogens is 1. The van der Waals surface area contributed by atoms with Gasteiger partial charge in [-0.1, -0.05) is 6.07 Å². The van der Waals surface area contributed by atoms with Crippen LogP contribution in [0.25, 0.3) is 5.65 Å². The first-order valence-electron chi connectivity index (χ1n) is 9.10. The van der Waals surface area contributed by atoms with E-state index >= 15 is 0 Å². The van der Waals surface area contributed by atoms with Crippen LogP contribution in [0, 0.1) is 0 Å². The number of thiazole rings is 1. The lowest BCUT2D eigenvalue weighted by molar-refractivity contribution is 0.714. The Bertz CT molecular complexity index is 888. The fourth-order valence-electron chi connectivity index (χ4n) is 2.59. The average Bonchev–Trinajstić information content (AvgIpc) is 3.30. The van der Waals surface area contributed by atoms with E-state index in [1.807, 2.05) is 47.8 Å². The van der Waals surface area contributed by atoms with Crippen molar-refractivity contribution in [2.24, 2.45) is 4.99 Å². The number of aryl methyl sites for hydroxylation is 1. The van der Waals surface area contributed by atoms with Gasteiger partial charge in [0.25, 0.3) is 0 Å². The van der Waals surface area contributed by atoms with Crippen LogP contribution in [-0.2, 0) is 13.0 Å². The summed E-state index contributed by atoms with van der Waals surface area (Å²) in [6, 6.07) is 5.93. The molecule has 0 aromatic carbocycles. The van der Waals surface area contributed by atoms with Gasteiger partial charge in [0, 0.05) is 45.2 Å². The lowest BCUT2D eigenvalue weighted by atomic mass is 10.3. The van der Waals surface area contributed by atoms with Gasteiger partial charge < -0.3 is 15.5 Å². The smallest absolute Gasteiger partial charge is 0.191 e. The molecule has 0 aliphatic heterocycles. The monoisotopic (exact) mass is 514 g/mol. The average molecular weight is 514 g/mol. The molecule has 8 nitrogen and oxygen atoms in total. The lowest BCUT2D eigenvalue weighted by Crippen LogP contribution is -2.37. The Morgan fingerprint density at radius 3 is 2.86 bits per heavy atom. The first-order chi connectivity index (χ1) is 13.2. The van der Waals surface area contributed by atoms with Gasteiger partial charge in [-0.2, -0.15) is 0 Å². The Morgan fingerprint density at radius 1 is 1.25 bits per heavy atom. The lowest BCUT2D eigenvalue weighted by Gasteiger charge is -2.10. The van der Waals surface area contributed by atoms with Gasteiger partial charge in [0.2, 0.25) is 0 Å². The maximum Gasteiger partial charge on any atom is 0.191 e. The largest absolute Gasteiger partial charge is 0.357 e. The standard InChI is InChI=1S/C18H26N8S.HI/c1-4-19-17(21-12-14-13-27-18(22-14)25(2)3)20-10-7-9-16-24-23-15-8-5-6-11-26(15)16;/h5-6,8,11,13H,4,7,9-10,12H2,1-3H3,(H2,19,20,21);1H. The van der Waals surface area contributed by atoms with Crippen molar-refractivity contribution in [2.75, 3.05) is 32.1 Å². The molecule has 0 saturated carbocycles. The number of guanidine groups is 1. The minimum Gasteiger partial charge on any atom is -0.357 e. The summed E-state index contributed by atoms with van der Waals surface area (Å²) >= 11 is 1.63. The van der Waals surface area contributed by atoms with E-state index in [0.717, 1.165) is 54.2 Å². The second-order valence-electron chi connectivity index (χ2n) is 6.29. The van der Waals surface area contributed by atoms with E-state index in [9.17, 15) is 0 Å². The number of pyridine rings is 1. The van der Waals surface area contributed by atoms with Crippen LogP contribution in [0.5, 0.6) is 0 Å². The highest BCUT2D eigenvalue weighted by molar-refractivity contribution is 14.0. The third-order valence-corrected chi connectivity index (χ3v) is 4.98. The summed E-state index contributed by atoms with van der Waals surface area (Å²) < 4.78 is 2.03. The molecule has 0 aliphatic rings. The van der Waals surface area contributed by atoms with E-state index in [1.54, 1.807) is 11.3 Å². The third-order valence-electron chi connectivity index (χ3n) is 3.92. The maximum absolute atomic E-state index is 4.63. The van der Waals surface area contributed by atoms with E-state index in [-0.39, 0.29) is 24.0 Å². The van der Waals surface area contributed by atoms with Gasteiger partial charge in [0.1, 0.15) is 5.82 Å². The van der Waals surface area contributed by atoms with E-state index in [2.05, 4.69) is 43.1 Å². The van der Waals surface area contributed by atoms with Crippen LogP contribution in [0.2, 0.25) is 0 Å². The summed E-state index contributed by atoms with van der Waals surface area (Å²) in [7, 11) is 3.99. The van der Waals surface area contributed by atoms with Crippen molar-refractivity contribution in [1.29, 1.82) is 0 Å². The molecule has 0 radical (unpaired) electrons. The molecular formula is C18H27IN8S. The summed E-state index contributed by atoms with van der Waals surface area (Å²) in [5.74, 6) is 1.79.